The Morgan fingerprint density at radius 2 is 0.783 bits per heavy atom. The second-order valence-corrected chi connectivity index (χ2v) is 14.9. The summed E-state index contributed by atoms with van der Waals surface area (Å²) in [5.74, 6) is 0.542. The number of fused-ring (bicyclic) bond motifs is 14. The van der Waals surface area contributed by atoms with Gasteiger partial charge in [-0.15, -0.1) is 0 Å². The maximum atomic E-state index is 14.4. The number of aromatic nitrogens is 3. The molecule has 5 aromatic heterocycles. The van der Waals surface area contributed by atoms with Crippen LogP contribution in [0.4, 0.5) is 26.3 Å². The van der Waals surface area contributed by atoms with Crippen LogP contribution in [0, 0.1) is 0 Å². The minimum absolute atomic E-state index is 0.0944. The van der Waals surface area contributed by atoms with Crippen molar-refractivity contribution in [2.45, 2.75) is 12.4 Å². The van der Waals surface area contributed by atoms with Gasteiger partial charge in [0, 0.05) is 32.3 Å². The first kappa shape index (κ1) is 34.5. The Morgan fingerprint density at radius 3 is 1.23 bits per heavy atom. The van der Waals surface area contributed by atoms with Gasteiger partial charge in [0.05, 0.1) is 44.0 Å². The number of hydrogen-bond acceptors (Lipinski definition) is 3. The first-order chi connectivity index (χ1) is 29.0. The van der Waals surface area contributed by atoms with Crippen molar-refractivity contribution in [2.75, 3.05) is 0 Å². The molecule has 290 valence electrons. The standard InChI is InChI=1S/C49H25F6N3O2/c50-48(51,52)28-21-26(22-29(25-28)49(53,54)55)27-23-42(57-36-13-5-1-9-30(36)32-17-19-40-44(46(32)57)34-11-3-7-15-38(34)59-40)56-43(24-27)58-37-14-6-2-10-31(37)33-18-20-41-45(47(33)58)35-12-4-8-16-39(35)60-41/h1-25H. The third kappa shape index (κ3) is 4.92. The van der Waals surface area contributed by atoms with Crippen LogP contribution < -0.4 is 0 Å². The molecule has 11 heteroatoms. The number of para-hydroxylation sites is 4. The van der Waals surface area contributed by atoms with E-state index in [1.807, 2.05) is 130 Å². The topological polar surface area (TPSA) is 49.0 Å². The van der Waals surface area contributed by atoms with Crippen molar-refractivity contribution < 1.29 is 35.2 Å². The summed E-state index contributed by atoms with van der Waals surface area (Å²) < 4.78 is 103. The van der Waals surface area contributed by atoms with E-state index >= 15 is 0 Å². The van der Waals surface area contributed by atoms with Crippen molar-refractivity contribution in [3.05, 3.63) is 163 Å². The fraction of sp³-hybridized carbons (Fsp3) is 0.0408. The minimum Gasteiger partial charge on any atom is -0.456 e. The second kappa shape index (κ2) is 12.0. The van der Waals surface area contributed by atoms with Crippen molar-refractivity contribution >= 4 is 87.5 Å². The van der Waals surface area contributed by atoms with E-state index in [-0.39, 0.29) is 28.8 Å². The van der Waals surface area contributed by atoms with Gasteiger partial charge in [0.15, 0.2) is 0 Å². The van der Waals surface area contributed by atoms with Gasteiger partial charge in [0.1, 0.15) is 34.0 Å². The normalized spacial score (nSPS) is 12.8. The molecule has 0 atom stereocenters. The van der Waals surface area contributed by atoms with Crippen molar-refractivity contribution in [2.24, 2.45) is 0 Å². The highest BCUT2D eigenvalue weighted by Gasteiger charge is 2.37. The number of nitrogens with zero attached hydrogens (tertiary/aromatic N) is 3. The van der Waals surface area contributed by atoms with Gasteiger partial charge in [-0.1, -0.05) is 72.8 Å². The lowest BCUT2D eigenvalue weighted by Crippen LogP contribution is -2.11. The minimum atomic E-state index is -5.06. The average Bonchev–Trinajstić information content (AvgIpc) is 4.00. The molecule has 0 aliphatic rings. The first-order valence-electron chi connectivity index (χ1n) is 19.0. The lowest BCUT2D eigenvalue weighted by Gasteiger charge is -2.17. The molecule has 5 nitrogen and oxygen atoms in total. The molecule has 0 unspecified atom stereocenters. The van der Waals surface area contributed by atoms with Gasteiger partial charge >= 0.3 is 12.4 Å². The van der Waals surface area contributed by atoms with Gasteiger partial charge in [-0.2, -0.15) is 26.3 Å². The molecule has 0 N–H and O–H groups in total. The number of furan rings is 2. The van der Waals surface area contributed by atoms with E-state index in [4.69, 9.17) is 13.8 Å². The Hall–Kier alpha value is -7.53. The molecule has 7 aromatic carbocycles. The van der Waals surface area contributed by atoms with Crippen LogP contribution in [-0.2, 0) is 12.4 Å². The van der Waals surface area contributed by atoms with Gasteiger partial charge in [-0.25, -0.2) is 4.98 Å². The average molecular weight is 802 g/mol. The fourth-order valence-corrected chi connectivity index (χ4v) is 9.03. The van der Waals surface area contributed by atoms with Crippen molar-refractivity contribution in [3.8, 4) is 22.8 Å². The molecule has 0 saturated carbocycles. The smallest absolute Gasteiger partial charge is 0.416 e. The summed E-state index contributed by atoms with van der Waals surface area (Å²) in [5.41, 5.74) is 2.41. The van der Waals surface area contributed by atoms with Gasteiger partial charge in [0.25, 0.3) is 0 Å². The van der Waals surface area contributed by atoms with Crippen LogP contribution in [0.25, 0.3) is 110 Å². The molecule has 12 aromatic rings. The molecule has 60 heavy (non-hydrogen) atoms. The summed E-state index contributed by atoms with van der Waals surface area (Å²) >= 11 is 0. The summed E-state index contributed by atoms with van der Waals surface area (Å²) in [5, 5.41) is 6.71. The maximum absolute atomic E-state index is 14.4. The maximum Gasteiger partial charge on any atom is 0.416 e. The van der Waals surface area contributed by atoms with Crippen LogP contribution >= 0.6 is 0 Å². The summed E-state index contributed by atoms with van der Waals surface area (Å²) in [6.45, 7) is 0. The zero-order valence-electron chi connectivity index (χ0n) is 30.9. The predicted molar refractivity (Wildman–Crippen MR) is 223 cm³/mol. The van der Waals surface area contributed by atoms with Gasteiger partial charge in [0.2, 0.25) is 0 Å². The lowest BCUT2D eigenvalue weighted by atomic mass is 9.99. The number of rotatable bonds is 3. The number of pyridine rings is 1. The van der Waals surface area contributed by atoms with Gasteiger partial charge < -0.3 is 8.83 Å². The molecule has 0 spiro atoms. The van der Waals surface area contributed by atoms with Crippen LogP contribution in [0.15, 0.2) is 160 Å². The summed E-state index contributed by atoms with van der Waals surface area (Å²) in [4.78, 5) is 5.35. The molecule has 0 saturated heterocycles. The molecule has 0 aliphatic heterocycles. The molecule has 5 heterocycles. The summed E-state index contributed by atoms with van der Waals surface area (Å²) in [6.07, 6.45) is -10.1. The Kier molecular flexibility index (Phi) is 6.91. The monoisotopic (exact) mass is 801 g/mol. The van der Waals surface area contributed by atoms with Crippen LogP contribution in [0.1, 0.15) is 11.1 Å². The molecular formula is C49H25F6N3O2. The van der Waals surface area contributed by atoms with E-state index in [2.05, 4.69) is 0 Å². The highest BCUT2D eigenvalue weighted by Crippen LogP contribution is 2.45. The third-order valence-corrected chi connectivity index (χ3v) is 11.5. The molecule has 12 rings (SSSR count). The van der Waals surface area contributed by atoms with E-state index in [1.54, 1.807) is 12.1 Å². The van der Waals surface area contributed by atoms with E-state index in [9.17, 15) is 26.3 Å². The molecule has 0 amide bonds. The van der Waals surface area contributed by atoms with Crippen LogP contribution in [-0.4, -0.2) is 14.1 Å². The van der Waals surface area contributed by atoms with E-state index < -0.39 is 23.5 Å². The van der Waals surface area contributed by atoms with Gasteiger partial charge in [-0.05, 0) is 90.0 Å². The predicted octanol–water partition coefficient (Wildman–Crippen LogP) is 14.8. The largest absolute Gasteiger partial charge is 0.456 e. The quantitative estimate of drug-likeness (QED) is 0.167. The SMILES string of the molecule is FC(F)(F)c1cc(-c2cc(-n3c4ccccc4c4ccc5oc6ccccc6c5c43)nc(-n3c4ccccc4c4ccc5oc6ccccc6c5c43)c2)cc(C(F)(F)F)c1. The molecule has 0 radical (unpaired) electrons. The highest BCUT2D eigenvalue weighted by molar-refractivity contribution is 6.26. The second-order valence-electron chi connectivity index (χ2n) is 14.9. The van der Waals surface area contributed by atoms with E-state index in [0.29, 0.717) is 22.3 Å². The van der Waals surface area contributed by atoms with Crippen LogP contribution in [0.2, 0.25) is 0 Å². The lowest BCUT2D eigenvalue weighted by molar-refractivity contribution is -0.143. The van der Waals surface area contributed by atoms with Crippen molar-refractivity contribution in [1.82, 2.24) is 14.1 Å². The molecule has 0 fully saturated rings. The highest BCUT2D eigenvalue weighted by atomic mass is 19.4. The van der Waals surface area contributed by atoms with Crippen molar-refractivity contribution in [1.29, 1.82) is 0 Å². The zero-order valence-corrected chi connectivity index (χ0v) is 30.9. The Balaban J connectivity index is 1.27. The third-order valence-electron chi connectivity index (χ3n) is 11.5. The first-order valence-corrected chi connectivity index (χ1v) is 19.0. The summed E-state index contributed by atoms with van der Waals surface area (Å²) in [6, 6.07) is 43.1. The molecular weight excluding hydrogens is 777 g/mol. The number of alkyl halides is 6. The number of benzene rings is 7. The number of hydrogen-bond donors (Lipinski definition) is 0. The van der Waals surface area contributed by atoms with E-state index in [1.165, 1.54) is 0 Å². The van der Waals surface area contributed by atoms with Gasteiger partial charge in [-0.3, -0.25) is 9.13 Å². The summed E-state index contributed by atoms with van der Waals surface area (Å²) in [7, 11) is 0. The fourth-order valence-electron chi connectivity index (χ4n) is 9.03. The van der Waals surface area contributed by atoms with E-state index in [0.717, 1.165) is 77.3 Å². The Morgan fingerprint density at radius 1 is 0.383 bits per heavy atom. The zero-order chi connectivity index (χ0) is 40.7. The Labute approximate surface area is 333 Å². The Bertz CT molecular complexity index is 3530. The van der Waals surface area contributed by atoms with Crippen LogP contribution in [0.3, 0.4) is 0 Å². The molecule has 0 bridgehead atoms. The number of halogens is 6. The molecule has 0 aliphatic carbocycles. The van der Waals surface area contributed by atoms with Crippen LogP contribution in [0.5, 0.6) is 0 Å². The van der Waals surface area contributed by atoms with Crippen molar-refractivity contribution in [3.63, 3.8) is 0 Å².